The largest absolute Gasteiger partial charge is 0.341 e. The molecular weight excluding hydrogens is 192 g/mol. The average Bonchev–Trinajstić information content (AvgIpc) is 2.86. The predicted molar refractivity (Wildman–Crippen MR) is 58.2 cm³/mol. The lowest BCUT2D eigenvalue weighted by Crippen LogP contribution is -2.48. The Morgan fingerprint density at radius 2 is 2.13 bits per heavy atom. The molecule has 2 unspecified atom stereocenters. The Balaban J connectivity index is 1.66. The Bertz CT molecular complexity index is 227. The molecule has 3 N–H and O–H groups in total. The molecule has 0 aliphatic carbocycles. The highest BCUT2D eigenvalue weighted by Crippen LogP contribution is 2.08. The van der Waals surface area contributed by atoms with Crippen LogP contribution in [0.15, 0.2) is 0 Å². The molecule has 2 atom stereocenters. The fraction of sp³-hybridized carbons (Fsp3) is 0.900. The summed E-state index contributed by atoms with van der Waals surface area (Å²) in [5.41, 5.74) is 6.66. The summed E-state index contributed by atoms with van der Waals surface area (Å²) in [4.78, 5) is 13.0. The van der Waals surface area contributed by atoms with E-state index >= 15 is 0 Å². The van der Waals surface area contributed by atoms with Crippen LogP contribution >= 0.6 is 0 Å². The minimum Gasteiger partial charge on any atom is -0.341 e. The molecule has 0 aromatic carbocycles. The minimum absolute atomic E-state index is 0.182. The molecule has 2 saturated heterocycles. The zero-order valence-corrected chi connectivity index (χ0v) is 9.25. The van der Waals surface area contributed by atoms with Gasteiger partial charge in [-0.3, -0.25) is 15.6 Å². The van der Waals surface area contributed by atoms with Gasteiger partial charge in [-0.1, -0.05) is 0 Å². The molecule has 0 aromatic rings. The number of amides is 1. The number of hydrazine groups is 1. The van der Waals surface area contributed by atoms with Gasteiger partial charge < -0.3 is 10.2 Å². The molecule has 86 valence electrons. The first-order valence-corrected chi connectivity index (χ1v) is 5.73. The molecule has 0 aromatic heterocycles. The number of carbonyl (C=O) groups excluding carboxylic acids is 1. The number of nitrogens with zero attached hydrogens (tertiary/aromatic N) is 1. The van der Waals surface area contributed by atoms with Crippen LogP contribution in [0.25, 0.3) is 0 Å². The lowest BCUT2D eigenvalue weighted by molar-refractivity contribution is -0.127. The van der Waals surface area contributed by atoms with Crippen molar-refractivity contribution in [1.29, 1.82) is 0 Å². The van der Waals surface area contributed by atoms with E-state index in [0.717, 1.165) is 32.6 Å². The fourth-order valence-corrected chi connectivity index (χ4v) is 2.18. The summed E-state index contributed by atoms with van der Waals surface area (Å²) in [6, 6.07) is 0.950. The van der Waals surface area contributed by atoms with Crippen LogP contribution in [0.2, 0.25) is 0 Å². The monoisotopic (exact) mass is 212 g/mol. The van der Waals surface area contributed by atoms with Gasteiger partial charge in [-0.2, -0.15) is 0 Å². The second kappa shape index (κ2) is 4.92. The van der Waals surface area contributed by atoms with Crippen LogP contribution in [-0.2, 0) is 4.79 Å². The van der Waals surface area contributed by atoms with Gasteiger partial charge in [0.2, 0.25) is 5.91 Å². The Morgan fingerprint density at radius 3 is 2.73 bits per heavy atom. The van der Waals surface area contributed by atoms with Crippen molar-refractivity contribution in [2.45, 2.75) is 31.8 Å². The van der Waals surface area contributed by atoms with Gasteiger partial charge in [0.15, 0.2) is 0 Å². The van der Waals surface area contributed by atoms with Gasteiger partial charge >= 0.3 is 0 Å². The van der Waals surface area contributed by atoms with Crippen LogP contribution < -0.4 is 16.2 Å². The number of hydrogen-bond donors (Lipinski definition) is 3. The van der Waals surface area contributed by atoms with Crippen LogP contribution in [0.3, 0.4) is 0 Å². The SMILES string of the molecule is CC(=O)N1CCC(NNC2CCNC2)C1. The third-order valence-electron chi connectivity index (χ3n) is 3.19. The summed E-state index contributed by atoms with van der Waals surface area (Å²) in [6.07, 6.45) is 2.23. The van der Waals surface area contributed by atoms with E-state index in [1.165, 1.54) is 6.42 Å². The van der Waals surface area contributed by atoms with E-state index in [1.807, 2.05) is 4.90 Å². The van der Waals surface area contributed by atoms with Gasteiger partial charge in [0.1, 0.15) is 0 Å². The lowest BCUT2D eigenvalue weighted by atomic mass is 10.2. The lowest BCUT2D eigenvalue weighted by Gasteiger charge is -2.18. The number of nitrogens with one attached hydrogen (secondary N) is 3. The molecule has 15 heavy (non-hydrogen) atoms. The number of carbonyl (C=O) groups is 1. The van der Waals surface area contributed by atoms with Crippen molar-refractivity contribution < 1.29 is 4.79 Å². The summed E-state index contributed by atoms with van der Waals surface area (Å²) in [5, 5.41) is 3.31. The molecule has 2 aliphatic rings. The van der Waals surface area contributed by atoms with Crippen molar-refractivity contribution in [3.8, 4) is 0 Å². The second-order valence-electron chi connectivity index (χ2n) is 4.43. The topological polar surface area (TPSA) is 56.4 Å². The fourth-order valence-electron chi connectivity index (χ4n) is 2.18. The van der Waals surface area contributed by atoms with E-state index in [9.17, 15) is 4.79 Å². The van der Waals surface area contributed by atoms with E-state index in [-0.39, 0.29) is 5.91 Å². The summed E-state index contributed by atoms with van der Waals surface area (Å²) in [5.74, 6) is 0.182. The van der Waals surface area contributed by atoms with Gasteiger partial charge in [0, 0.05) is 38.6 Å². The van der Waals surface area contributed by atoms with Gasteiger partial charge in [-0.15, -0.1) is 0 Å². The van der Waals surface area contributed by atoms with E-state index in [4.69, 9.17) is 0 Å². The van der Waals surface area contributed by atoms with Crippen molar-refractivity contribution in [3.63, 3.8) is 0 Å². The number of hydrogen-bond acceptors (Lipinski definition) is 4. The normalized spacial score (nSPS) is 31.1. The summed E-state index contributed by atoms with van der Waals surface area (Å²) in [7, 11) is 0. The first-order valence-electron chi connectivity index (χ1n) is 5.73. The van der Waals surface area contributed by atoms with Crippen molar-refractivity contribution in [3.05, 3.63) is 0 Å². The molecule has 2 rings (SSSR count). The summed E-state index contributed by atoms with van der Waals surface area (Å²) < 4.78 is 0. The highest BCUT2D eigenvalue weighted by molar-refractivity contribution is 5.73. The maximum atomic E-state index is 11.1. The Morgan fingerprint density at radius 1 is 1.33 bits per heavy atom. The quantitative estimate of drug-likeness (QED) is 0.529. The maximum absolute atomic E-state index is 11.1. The Kier molecular flexibility index (Phi) is 3.56. The van der Waals surface area contributed by atoms with Gasteiger partial charge in [0.25, 0.3) is 0 Å². The molecule has 0 spiro atoms. The molecule has 2 heterocycles. The van der Waals surface area contributed by atoms with Crippen molar-refractivity contribution in [2.24, 2.45) is 0 Å². The smallest absolute Gasteiger partial charge is 0.219 e. The van der Waals surface area contributed by atoms with Crippen LogP contribution in [0, 0.1) is 0 Å². The molecular formula is C10H20N4O. The highest BCUT2D eigenvalue weighted by atomic mass is 16.2. The molecule has 2 fully saturated rings. The molecule has 1 amide bonds. The van der Waals surface area contributed by atoms with Crippen LogP contribution in [0.5, 0.6) is 0 Å². The first-order chi connectivity index (χ1) is 7.25. The summed E-state index contributed by atoms with van der Waals surface area (Å²) >= 11 is 0. The van der Waals surface area contributed by atoms with E-state index in [1.54, 1.807) is 6.92 Å². The van der Waals surface area contributed by atoms with Crippen molar-refractivity contribution in [2.75, 3.05) is 26.2 Å². The number of likely N-dealkylation sites (tertiary alicyclic amines) is 1. The third kappa shape index (κ3) is 2.90. The second-order valence-corrected chi connectivity index (χ2v) is 4.43. The summed E-state index contributed by atoms with van der Waals surface area (Å²) in [6.45, 7) is 5.50. The minimum atomic E-state index is 0.182. The molecule has 0 saturated carbocycles. The molecule has 5 heteroatoms. The average molecular weight is 212 g/mol. The van der Waals surface area contributed by atoms with E-state index in [0.29, 0.717) is 12.1 Å². The molecule has 0 radical (unpaired) electrons. The standard InChI is InChI=1S/C10H20N4O/c1-8(15)14-5-3-10(7-14)13-12-9-2-4-11-6-9/h9-13H,2-7H2,1H3. The van der Waals surface area contributed by atoms with Gasteiger partial charge in [-0.25, -0.2) is 0 Å². The highest BCUT2D eigenvalue weighted by Gasteiger charge is 2.24. The van der Waals surface area contributed by atoms with E-state index < -0.39 is 0 Å². The van der Waals surface area contributed by atoms with Gasteiger partial charge in [-0.05, 0) is 19.4 Å². The zero-order valence-electron chi connectivity index (χ0n) is 9.25. The predicted octanol–water partition coefficient (Wildman–Crippen LogP) is -0.937. The van der Waals surface area contributed by atoms with Crippen molar-refractivity contribution in [1.82, 2.24) is 21.1 Å². The van der Waals surface area contributed by atoms with Crippen LogP contribution in [0.4, 0.5) is 0 Å². The van der Waals surface area contributed by atoms with Gasteiger partial charge in [0.05, 0.1) is 0 Å². The Labute approximate surface area is 90.6 Å². The van der Waals surface area contributed by atoms with E-state index in [2.05, 4.69) is 16.2 Å². The molecule has 2 aliphatic heterocycles. The molecule has 5 nitrogen and oxygen atoms in total. The van der Waals surface area contributed by atoms with Crippen molar-refractivity contribution >= 4 is 5.91 Å². The third-order valence-corrected chi connectivity index (χ3v) is 3.19. The zero-order chi connectivity index (χ0) is 10.7. The maximum Gasteiger partial charge on any atom is 0.219 e. The Hall–Kier alpha value is -0.650. The number of rotatable bonds is 3. The molecule has 0 bridgehead atoms. The first kappa shape index (κ1) is 10.9. The van der Waals surface area contributed by atoms with Crippen LogP contribution in [-0.4, -0.2) is 49.1 Å². The van der Waals surface area contributed by atoms with Crippen LogP contribution in [0.1, 0.15) is 19.8 Å².